The van der Waals surface area contributed by atoms with Crippen LogP contribution in [0.2, 0.25) is 0 Å². The number of hydrogen-bond acceptors (Lipinski definition) is 5. The minimum atomic E-state index is -0.393. The van der Waals surface area contributed by atoms with Crippen molar-refractivity contribution in [1.82, 2.24) is 0 Å². The zero-order chi connectivity index (χ0) is 30.1. The van der Waals surface area contributed by atoms with Crippen LogP contribution in [0.15, 0.2) is 72.8 Å². The van der Waals surface area contributed by atoms with Gasteiger partial charge in [0.2, 0.25) is 0 Å². The molecule has 3 aromatic carbocycles. The van der Waals surface area contributed by atoms with Crippen molar-refractivity contribution in [2.75, 3.05) is 4.90 Å². The van der Waals surface area contributed by atoms with Crippen molar-refractivity contribution in [2.24, 2.45) is 0 Å². The third kappa shape index (κ3) is 5.11. The van der Waals surface area contributed by atoms with Crippen LogP contribution < -0.4 is 15.8 Å². The molecule has 220 valence electrons. The molecule has 0 amide bonds. The summed E-state index contributed by atoms with van der Waals surface area (Å²) >= 11 is 0. The van der Waals surface area contributed by atoms with Gasteiger partial charge in [-0.1, -0.05) is 48.5 Å². The zero-order valence-electron chi connectivity index (χ0n) is 26.1. The van der Waals surface area contributed by atoms with Gasteiger partial charge in [-0.05, 0) is 115 Å². The molecule has 8 heteroatoms. The van der Waals surface area contributed by atoms with Crippen molar-refractivity contribution < 1.29 is 23.0 Å². The molecule has 3 heterocycles. The summed E-state index contributed by atoms with van der Waals surface area (Å²) < 4.78 is 39.1. The van der Waals surface area contributed by atoms with Crippen LogP contribution in [0.25, 0.3) is 0 Å². The van der Waals surface area contributed by atoms with Crippen molar-refractivity contribution >= 4 is 30.8 Å². The Hall–Kier alpha value is -2.64. The molecule has 2 unspecified atom stereocenters. The summed E-state index contributed by atoms with van der Waals surface area (Å²) in [6.07, 6.45) is 1.97. The van der Waals surface area contributed by atoms with Gasteiger partial charge in [-0.3, -0.25) is 0 Å². The molecule has 3 aliphatic rings. The van der Waals surface area contributed by atoms with E-state index in [0.717, 1.165) is 29.5 Å². The van der Waals surface area contributed by atoms with Gasteiger partial charge in [0.1, 0.15) is 5.82 Å². The van der Waals surface area contributed by atoms with E-state index in [4.69, 9.17) is 18.6 Å². The first-order valence-electron chi connectivity index (χ1n) is 15.1. The highest BCUT2D eigenvalue weighted by atomic mass is 19.1. The van der Waals surface area contributed by atoms with E-state index in [1.807, 2.05) is 12.1 Å². The van der Waals surface area contributed by atoms with Crippen LogP contribution in [0.3, 0.4) is 0 Å². The fraction of sp³-hybridized carbons (Fsp3) is 0.471. The standard InChI is InChI=1S/C34H42B2FNO4/c1-31(2)32(3,4)40-35(39-31)25-13-9-23(10-14-25)29-21-22-30(38(29)28-19-17-27(37)18-20-28)24-11-15-26(16-12-24)36-41-33(5,6)34(7,8)42-36/h9-20,29-30H,21-22H2,1-8H3. The first-order valence-corrected chi connectivity index (χ1v) is 15.1. The number of rotatable bonds is 5. The molecule has 42 heavy (non-hydrogen) atoms. The largest absolute Gasteiger partial charge is 0.494 e. The fourth-order valence-electron chi connectivity index (χ4n) is 6.15. The zero-order valence-corrected chi connectivity index (χ0v) is 26.1. The average Bonchev–Trinajstić information content (AvgIpc) is 3.53. The molecule has 3 aliphatic heterocycles. The Morgan fingerprint density at radius 3 is 1.21 bits per heavy atom. The summed E-state index contributed by atoms with van der Waals surface area (Å²) in [5, 5.41) is 0. The monoisotopic (exact) mass is 569 g/mol. The molecule has 3 fully saturated rings. The molecule has 0 N–H and O–H groups in total. The highest BCUT2D eigenvalue weighted by Gasteiger charge is 2.52. The maximum Gasteiger partial charge on any atom is 0.494 e. The molecule has 0 bridgehead atoms. The predicted molar refractivity (Wildman–Crippen MR) is 168 cm³/mol. The summed E-state index contributed by atoms with van der Waals surface area (Å²) in [6.45, 7) is 16.6. The van der Waals surface area contributed by atoms with Crippen molar-refractivity contribution in [2.45, 2.75) is 103 Å². The number of hydrogen-bond donors (Lipinski definition) is 0. The minimum Gasteiger partial charge on any atom is -0.399 e. The Kier molecular flexibility index (Phi) is 7.17. The van der Waals surface area contributed by atoms with Gasteiger partial charge >= 0.3 is 14.2 Å². The molecule has 3 aromatic rings. The maximum atomic E-state index is 14.0. The second-order valence-corrected chi connectivity index (χ2v) is 14.0. The summed E-state index contributed by atoms with van der Waals surface area (Å²) in [6, 6.07) is 24.4. The molecule has 0 saturated carbocycles. The van der Waals surface area contributed by atoms with Crippen LogP contribution in [0.4, 0.5) is 10.1 Å². The third-order valence-electron chi connectivity index (χ3n) is 10.2. The van der Waals surface area contributed by atoms with Crippen LogP contribution in [-0.2, 0) is 18.6 Å². The first-order chi connectivity index (χ1) is 19.7. The Morgan fingerprint density at radius 2 is 0.881 bits per heavy atom. The SMILES string of the molecule is CC1(C)OB(c2ccc(C3CCC(c4ccc(B5OC(C)(C)C(C)(C)O5)cc4)N3c3ccc(F)cc3)cc2)OC1(C)C. The summed E-state index contributed by atoms with van der Waals surface area (Å²) in [5.74, 6) is -0.232. The maximum absolute atomic E-state index is 14.0. The topological polar surface area (TPSA) is 40.2 Å². The summed E-state index contributed by atoms with van der Waals surface area (Å²) in [4.78, 5) is 2.44. The van der Waals surface area contributed by atoms with E-state index in [9.17, 15) is 4.39 Å². The van der Waals surface area contributed by atoms with Gasteiger partial charge in [-0.2, -0.15) is 0 Å². The number of benzene rings is 3. The lowest BCUT2D eigenvalue weighted by molar-refractivity contribution is 0.00578. The van der Waals surface area contributed by atoms with Crippen molar-refractivity contribution in [3.05, 3.63) is 89.7 Å². The van der Waals surface area contributed by atoms with Crippen LogP contribution in [0.1, 0.15) is 91.4 Å². The van der Waals surface area contributed by atoms with E-state index < -0.39 is 14.2 Å². The van der Waals surface area contributed by atoms with E-state index in [-0.39, 0.29) is 40.3 Å². The Labute approximate surface area is 251 Å². The van der Waals surface area contributed by atoms with Crippen LogP contribution in [0.5, 0.6) is 0 Å². The second-order valence-electron chi connectivity index (χ2n) is 14.0. The number of halogens is 1. The number of nitrogens with zero attached hydrogens (tertiary/aromatic N) is 1. The molecule has 5 nitrogen and oxygen atoms in total. The Bertz CT molecular complexity index is 1300. The van der Waals surface area contributed by atoms with Gasteiger partial charge in [0.15, 0.2) is 0 Å². The van der Waals surface area contributed by atoms with E-state index in [0.29, 0.717) is 0 Å². The highest BCUT2D eigenvalue weighted by molar-refractivity contribution is 6.62. The molecule has 0 radical (unpaired) electrons. The quantitative estimate of drug-likeness (QED) is 0.328. The lowest BCUT2D eigenvalue weighted by Crippen LogP contribution is -2.41. The van der Waals surface area contributed by atoms with Gasteiger partial charge in [0.25, 0.3) is 0 Å². The van der Waals surface area contributed by atoms with E-state index >= 15 is 0 Å². The average molecular weight is 569 g/mol. The molecule has 3 saturated heterocycles. The van der Waals surface area contributed by atoms with Gasteiger partial charge in [-0.25, -0.2) is 4.39 Å². The van der Waals surface area contributed by atoms with Gasteiger partial charge < -0.3 is 23.5 Å². The first kappa shape index (κ1) is 29.4. The number of anilines is 1. The van der Waals surface area contributed by atoms with E-state index in [1.165, 1.54) is 11.1 Å². The van der Waals surface area contributed by atoms with Gasteiger partial charge in [0, 0.05) is 5.69 Å². The highest BCUT2D eigenvalue weighted by Crippen LogP contribution is 2.47. The van der Waals surface area contributed by atoms with Gasteiger partial charge in [-0.15, -0.1) is 0 Å². The summed E-state index contributed by atoms with van der Waals surface area (Å²) in [5.41, 5.74) is 3.94. The molecule has 0 spiro atoms. The van der Waals surface area contributed by atoms with Crippen molar-refractivity contribution in [3.63, 3.8) is 0 Å². The van der Waals surface area contributed by atoms with Crippen LogP contribution in [-0.4, -0.2) is 36.6 Å². The lowest BCUT2D eigenvalue weighted by Gasteiger charge is -2.33. The molecule has 2 atom stereocenters. The van der Waals surface area contributed by atoms with Gasteiger partial charge in [0.05, 0.1) is 34.5 Å². The third-order valence-corrected chi connectivity index (χ3v) is 10.2. The fourth-order valence-corrected chi connectivity index (χ4v) is 6.15. The van der Waals surface area contributed by atoms with Crippen molar-refractivity contribution in [3.8, 4) is 0 Å². The normalized spacial score (nSPS) is 25.8. The molecule has 0 aromatic heterocycles. The Morgan fingerprint density at radius 1 is 0.548 bits per heavy atom. The lowest BCUT2D eigenvalue weighted by atomic mass is 9.78. The minimum absolute atomic E-state index is 0.149. The molecular weight excluding hydrogens is 527 g/mol. The molecular formula is C34H42B2FNO4. The van der Waals surface area contributed by atoms with Crippen molar-refractivity contribution in [1.29, 1.82) is 0 Å². The Balaban J connectivity index is 1.26. The molecule has 0 aliphatic carbocycles. The van der Waals surface area contributed by atoms with E-state index in [1.54, 1.807) is 12.1 Å². The smallest absolute Gasteiger partial charge is 0.399 e. The molecule has 6 rings (SSSR count). The summed E-state index contributed by atoms with van der Waals surface area (Å²) in [7, 11) is -0.785. The second kappa shape index (κ2) is 10.2. The van der Waals surface area contributed by atoms with Crippen LogP contribution in [0, 0.1) is 5.82 Å². The predicted octanol–water partition coefficient (Wildman–Crippen LogP) is 6.51. The van der Waals surface area contributed by atoms with Crippen LogP contribution >= 0.6 is 0 Å². The van der Waals surface area contributed by atoms with E-state index in [2.05, 4.69) is 109 Å².